The van der Waals surface area contributed by atoms with E-state index in [2.05, 4.69) is 25.9 Å². The molecule has 0 bridgehead atoms. The van der Waals surface area contributed by atoms with Crippen molar-refractivity contribution in [3.8, 4) is 6.07 Å². The second-order valence-electron chi connectivity index (χ2n) is 2.87. The van der Waals surface area contributed by atoms with Gasteiger partial charge in [-0.15, -0.1) is 0 Å². The normalized spacial score (nSPS) is 10.9. The molecule has 0 aliphatic rings. The number of aromatic nitrogens is 2. The molecule has 3 nitrogen and oxygen atoms in total. The maximum atomic E-state index is 12.6. The summed E-state index contributed by atoms with van der Waals surface area (Å²) in [5.74, 6) is 0. The molecule has 0 amide bonds. The second kappa shape index (κ2) is 3.59. The lowest BCUT2D eigenvalue weighted by Crippen LogP contribution is -1.88. The number of hydrogen-bond donors (Lipinski definition) is 1. The molecule has 0 fully saturated rings. The van der Waals surface area contributed by atoms with Gasteiger partial charge in [0.1, 0.15) is 6.07 Å². The minimum atomic E-state index is -2.60. The zero-order valence-corrected chi connectivity index (χ0v) is 8.85. The Labute approximate surface area is 91.9 Å². The number of benzene rings is 1. The lowest BCUT2D eigenvalue weighted by atomic mass is 10.1. The summed E-state index contributed by atoms with van der Waals surface area (Å²) in [6, 6.07) is 4.49. The molecule has 1 N–H and O–H groups in total. The highest BCUT2D eigenvalue weighted by Gasteiger charge is 2.16. The van der Waals surface area contributed by atoms with Crippen LogP contribution in [0.4, 0.5) is 8.78 Å². The number of H-pyrrole nitrogens is 1. The maximum Gasteiger partial charge on any atom is 0.266 e. The first-order valence-electron chi connectivity index (χ1n) is 4.00. The summed E-state index contributed by atoms with van der Waals surface area (Å²) in [5.41, 5.74) is 0.594. The number of halogens is 3. The van der Waals surface area contributed by atoms with Crippen LogP contribution in [-0.4, -0.2) is 9.97 Å². The highest BCUT2D eigenvalue weighted by molar-refractivity contribution is 9.10. The Balaban J connectivity index is 2.84. The number of nitriles is 1. The Hall–Kier alpha value is -1.48. The summed E-state index contributed by atoms with van der Waals surface area (Å²) in [6.45, 7) is 0. The van der Waals surface area contributed by atoms with E-state index < -0.39 is 6.43 Å². The van der Waals surface area contributed by atoms with Crippen LogP contribution >= 0.6 is 15.9 Å². The Kier molecular flexibility index (Phi) is 2.40. The van der Waals surface area contributed by atoms with Gasteiger partial charge < -0.3 is 4.98 Å². The van der Waals surface area contributed by atoms with Crippen LogP contribution in [0.25, 0.3) is 11.0 Å². The highest BCUT2D eigenvalue weighted by Crippen LogP contribution is 2.29. The van der Waals surface area contributed by atoms with Crippen molar-refractivity contribution in [2.24, 2.45) is 0 Å². The van der Waals surface area contributed by atoms with Gasteiger partial charge in [-0.3, -0.25) is 0 Å². The molecule has 0 aliphatic carbocycles. The number of aromatic amines is 1. The number of nitrogens with one attached hydrogen (secondary N) is 1. The summed E-state index contributed by atoms with van der Waals surface area (Å²) >= 11 is 3.05. The molecule has 2 aromatic rings. The zero-order chi connectivity index (χ0) is 11.0. The third-order valence-electron chi connectivity index (χ3n) is 2.00. The van der Waals surface area contributed by atoms with Gasteiger partial charge in [0.25, 0.3) is 6.43 Å². The smallest absolute Gasteiger partial charge is 0.266 e. The number of imidazole rings is 1. The lowest BCUT2D eigenvalue weighted by Gasteiger charge is -2.00. The van der Waals surface area contributed by atoms with E-state index in [1.807, 2.05) is 6.07 Å². The van der Waals surface area contributed by atoms with E-state index in [1.54, 1.807) is 0 Å². The first-order chi connectivity index (χ1) is 7.13. The van der Waals surface area contributed by atoms with E-state index >= 15 is 0 Å². The molecule has 6 heteroatoms. The van der Waals surface area contributed by atoms with Crippen molar-refractivity contribution < 1.29 is 8.78 Å². The minimum Gasteiger partial charge on any atom is -0.331 e. The van der Waals surface area contributed by atoms with Crippen LogP contribution < -0.4 is 0 Å². The van der Waals surface area contributed by atoms with Crippen molar-refractivity contribution in [3.63, 3.8) is 0 Å². The van der Waals surface area contributed by atoms with Gasteiger partial charge in [-0.2, -0.15) is 5.26 Å². The summed E-state index contributed by atoms with van der Waals surface area (Å²) < 4.78 is 25.5. The largest absolute Gasteiger partial charge is 0.331 e. The van der Waals surface area contributed by atoms with Gasteiger partial charge in [0.05, 0.1) is 16.6 Å². The van der Waals surface area contributed by atoms with Gasteiger partial charge in [0.2, 0.25) is 0 Å². The van der Waals surface area contributed by atoms with Crippen LogP contribution in [0.1, 0.15) is 17.6 Å². The molecule has 1 heterocycles. The van der Waals surface area contributed by atoms with E-state index in [9.17, 15) is 8.78 Å². The Morgan fingerprint density at radius 3 is 2.80 bits per heavy atom. The third kappa shape index (κ3) is 1.59. The van der Waals surface area contributed by atoms with Gasteiger partial charge in [-0.05, 0) is 28.1 Å². The third-order valence-corrected chi connectivity index (χ3v) is 2.38. The molecule has 0 atom stereocenters. The van der Waals surface area contributed by atoms with Crippen molar-refractivity contribution in [1.29, 1.82) is 5.26 Å². The van der Waals surface area contributed by atoms with Crippen LogP contribution in [0.5, 0.6) is 0 Å². The van der Waals surface area contributed by atoms with Crippen molar-refractivity contribution >= 4 is 27.0 Å². The molecular weight excluding hydrogens is 268 g/mol. The first kappa shape index (κ1) is 10.1. The van der Waals surface area contributed by atoms with Gasteiger partial charge in [-0.1, -0.05) is 0 Å². The second-order valence-corrected chi connectivity index (χ2v) is 3.62. The van der Waals surface area contributed by atoms with Crippen molar-refractivity contribution in [2.75, 3.05) is 0 Å². The molecule has 1 aromatic heterocycles. The molecule has 0 saturated heterocycles. The number of alkyl halides is 2. The van der Waals surface area contributed by atoms with Crippen LogP contribution in [0.2, 0.25) is 0 Å². The quantitative estimate of drug-likeness (QED) is 0.866. The first-order valence-corrected chi connectivity index (χ1v) is 4.79. The summed E-state index contributed by atoms with van der Waals surface area (Å²) in [7, 11) is 0. The van der Waals surface area contributed by atoms with E-state index in [-0.39, 0.29) is 11.1 Å². The van der Waals surface area contributed by atoms with Crippen LogP contribution in [0, 0.1) is 11.3 Å². The summed E-state index contributed by atoms with van der Waals surface area (Å²) in [6.07, 6.45) is -2.60. The molecular formula is C9H4BrF2N3. The van der Waals surface area contributed by atoms with E-state index in [1.165, 1.54) is 12.1 Å². The zero-order valence-electron chi connectivity index (χ0n) is 7.26. The van der Waals surface area contributed by atoms with Gasteiger partial charge in [-0.25, -0.2) is 13.8 Å². The summed E-state index contributed by atoms with van der Waals surface area (Å²) in [4.78, 5) is 6.60. The number of nitrogens with zero attached hydrogens (tertiary/aromatic N) is 2. The monoisotopic (exact) mass is 271 g/mol. The molecule has 15 heavy (non-hydrogen) atoms. The average molecular weight is 272 g/mol. The molecule has 0 unspecified atom stereocenters. The standard InChI is InChI=1S/C9H4BrF2N3/c10-9-14-6-4(3-13)1-2-5(8(11)12)7(6)15-9/h1-2,8H,(H,14,15). The van der Waals surface area contributed by atoms with Gasteiger partial charge >= 0.3 is 0 Å². The predicted molar refractivity (Wildman–Crippen MR) is 53.5 cm³/mol. The van der Waals surface area contributed by atoms with Crippen molar-refractivity contribution in [1.82, 2.24) is 9.97 Å². The fourth-order valence-corrected chi connectivity index (χ4v) is 1.73. The molecule has 0 radical (unpaired) electrons. The molecule has 0 saturated carbocycles. The SMILES string of the molecule is N#Cc1ccc(C(F)F)c2nc(Br)[nH]c12. The van der Waals surface area contributed by atoms with Crippen LogP contribution in [-0.2, 0) is 0 Å². The average Bonchev–Trinajstić information content (AvgIpc) is 2.56. The number of fused-ring (bicyclic) bond motifs is 1. The maximum absolute atomic E-state index is 12.6. The number of hydrogen-bond acceptors (Lipinski definition) is 2. The molecule has 1 aromatic carbocycles. The minimum absolute atomic E-state index is 0.135. The van der Waals surface area contributed by atoms with Crippen molar-refractivity contribution in [3.05, 3.63) is 28.0 Å². The Morgan fingerprint density at radius 1 is 1.47 bits per heavy atom. The molecule has 2 rings (SSSR count). The number of rotatable bonds is 1. The molecule has 76 valence electrons. The topological polar surface area (TPSA) is 52.5 Å². The predicted octanol–water partition coefficient (Wildman–Crippen LogP) is 3.13. The van der Waals surface area contributed by atoms with Gasteiger partial charge in [0.15, 0.2) is 4.73 Å². The molecule has 0 aliphatic heterocycles. The van der Waals surface area contributed by atoms with Crippen LogP contribution in [0.15, 0.2) is 16.9 Å². The van der Waals surface area contributed by atoms with Gasteiger partial charge in [0, 0.05) is 5.56 Å². The fourth-order valence-electron chi connectivity index (χ4n) is 1.35. The highest BCUT2D eigenvalue weighted by atomic mass is 79.9. The van der Waals surface area contributed by atoms with E-state index in [4.69, 9.17) is 5.26 Å². The fraction of sp³-hybridized carbons (Fsp3) is 0.111. The Bertz CT molecular complexity index is 556. The van der Waals surface area contributed by atoms with Crippen LogP contribution in [0.3, 0.4) is 0 Å². The van der Waals surface area contributed by atoms with E-state index in [0.717, 1.165) is 0 Å². The van der Waals surface area contributed by atoms with Crippen molar-refractivity contribution in [2.45, 2.75) is 6.43 Å². The lowest BCUT2D eigenvalue weighted by molar-refractivity contribution is 0.153. The molecule has 0 spiro atoms. The van der Waals surface area contributed by atoms with E-state index in [0.29, 0.717) is 15.8 Å². The Morgan fingerprint density at radius 2 is 2.20 bits per heavy atom. The summed E-state index contributed by atoms with van der Waals surface area (Å²) in [5, 5.41) is 8.77.